The first kappa shape index (κ1) is 8.77. The van der Waals surface area contributed by atoms with Gasteiger partial charge in [0.05, 0.1) is 18.2 Å². The van der Waals surface area contributed by atoms with Crippen LogP contribution in [0.4, 0.5) is 5.69 Å². The first-order chi connectivity index (χ1) is 5.69. The summed E-state index contributed by atoms with van der Waals surface area (Å²) in [4.78, 5) is 3.30. The Kier molecular flexibility index (Phi) is 2.47. The van der Waals surface area contributed by atoms with Crippen LogP contribution in [-0.4, -0.2) is 0 Å². The summed E-state index contributed by atoms with van der Waals surface area (Å²) in [5.41, 5.74) is 1.99. The monoisotopic (exact) mass is 220 g/mol. The lowest BCUT2D eigenvalue weighted by Gasteiger charge is -1.99. The third kappa shape index (κ3) is 1.47. The van der Waals surface area contributed by atoms with Crippen LogP contribution in [0.2, 0.25) is 0 Å². The molecule has 0 fully saturated rings. The van der Waals surface area contributed by atoms with E-state index in [-0.39, 0.29) is 0 Å². The molecule has 0 radical (unpaired) electrons. The van der Waals surface area contributed by atoms with Gasteiger partial charge in [0, 0.05) is 4.47 Å². The van der Waals surface area contributed by atoms with Crippen molar-refractivity contribution in [3.8, 4) is 6.07 Å². The van der Waals surface area contributed by atoms with E-state index >= 15 is 0 Å². The Hall–Kier alpha value is -1.32. The van der Waals surface area contributed by atoms with Gasteiger partial charge in [-0.05, 0) is 18.6 Å². The SMILES string of the molecule is [C-]#[N+]c1cc(C)c(C#N)cc1Br. The average molecular weight is 221 g/mol. The fourth-order valence-corrected chi connectivity index (χ4v) is 1.30. The van der Waals surface area contributed by atoms with Crippen LogP contribution < -0.4 is 0 Å². The highest BCUT2D eigenvalue weighted by molar-refractivity contribution is 9.10. The second-order valence-corrected chi connectivity index (χ2v) is 3.20. The van der Waals surface area contributed by atoms with Crippen molar-refractivity contribution in [1.82, 2.24) is 0 Å². The summed E-state index contributed by atoms with van der Waals surface area (Å²) in [6, 6.07) is 5.43. The lowest BCUT2D eigenvalue weighted by Crippen LogP contribution is -1.81. The van der Waals surface area contributed by atoms with Gasteiger partial charge in [-0.25, -0.2) is 4.85 Å². The van der Waals surface area contributed by atoms with E-state index < -0.39 is 0 Å². The van der Waals surface area contributed by atoms with Gasteiger partial charge >= 0.3 is 0 Å². The van der Waals surface area contributed by atoms with Gasteiger partial charge in [0.1, 0.15) is 0 Å². The standard InChI is InChI=1S/C9H5BrN2/c1-6-3-9(12-2)8(10)4-7(6)5-11/h3-4H,1H3. The molecule has 1 aromatic carbocycles. The van der Waals surface area contributed by atoms with Crippen molar-refractivity contribution >= 4 is 21.6 Å². The fraction of sp³-hybridized carbons (Fsp3) is 0.111. The number of aryl methyl sites for hydroxylation is 1. The van der Waals surface area contributed by atoms with Crippen LogP contribution >= 0.6 is 15.9 Å². The molecular formula is C9H5BrN2. The molecule has 0 unspecified atom stereocenters. The Labute approximate surface area is 79.4 Å². The van der Waals surface area contributed by atoms with Crippen molar-refractivity contribution in [3.05, 3.63) is 39.1 Å². The molecule has 0 amide bonds. The van der Waals surface area contributed by atoms with Crippen molar-refractivity contribution in [2.24, 2.45) is 0 Å². The van der Waals surface area contributed by atoms with Gasteiger partial charge in [-0.15, -0.1) is 0 Å². The topological polar surface area (TPSA) is 28.1 Å². The smallest absolute Gasteiger partial charge is 0.201 e. The maximum absolute atomic E-state index is 8.66. The minimum atomic E-state index is 0.548. The van der Waals surface area contributed by atoms with Crippen LogP contribution in [-0.2, 0) is 0 Å². The lowest BCUT2D eigenvalue weighted by molar-refractivity contribution is 1.39. The Bertz CT molecular complexity index is 356. The molecule has 0 atom stereocenters. The molecule has 58 valence electrons. The minimum absolute atomic E-state index is 0.548. The number of hydrogen-bond donors (Lipinski definition) is 0. The van der Waals surface area contributed by atoms with Crippen LogP contribution in [0, 0.1) is 24.8 Å². The summed E-state index contributed by atoms with van der Waals surface area (Å²) >= 11 is 3.22. The largest absolute Gasteiger partial charge is 0.237 e. The van der Waals surface area contributed by atoms with E-state index in [1.807, 2.05) is 6.92 Å². The van der Waals surface area contributed by atoms with Gasteiger partial charge in [-0.3, -0.25) is 0 Å². The zero-order valence-electron chi connectivity index (χ0n) is 6.43. The predicted octanol–water partition coefficient (Wildman–Crippen LogP) is 3.18. The van der Waals surface area contributed by atoms with Crippen molar-refractivity contribution in [2.45, 2.75) is 6.92 Å². The molecule has 0 saturated carbocycles. The Morgan fingerprint density at radius 1 is 1.58 bits per heavy atom. The molecule has 0 aliphatic carbocycles. The predicted molar refractivity (Wildman–Crippen MR) is 49.9 cm³/mol. The van der Waals surface area contributed by atoms with Gasteiger partial charge in [0.25, 0.3) is 0 Å². The Balaban J connectivity index is 3.41. The van der Waals surface area contributed by atoms with E-state index in [2.05, 4.69) is 26.8 Å². The highest BCUT2D eigenvalue weighted by Gasteiger charge is 2.03. The van der Waals surface area contributed by atoms with E-state index in [0.29, 0.717) is 15.7 Å². The van der Waals surface area contributed by atoms with Gasteiger partial charge in [0.15, 0.2) is 0 Å². The molecule has 1 rings (SSSR count). The van der Waals surface area contributed by atoms with Crippen LogP contribution in [0.1, 0.15) is 11.1 Å². The highest BCUT2D eigenvalue weighted by Crippen LogP contribution is 2.28. The van der Waals surface area contributed by atoms with Gasteiger partial charge < -0.3 is 0 Å². The quantitative estimate of drug-likeness (QED) is 0.618. The molecule has 0 N–H and O–H groups in total. The third-order valence-corrected chi connectivity index (χ3v) is 2.17. The fourth-order valence-electron chi connectivity index (χ4n) is 0.872. The van der Waals surface area contributed by atoms with Crippen molar-refractivity contribution < 1.29 is 0 Å². The maximum atomic E-state index is 8.66. The Morgan fingerprint density at radius 3 is 2.75 bits per heavy atom. The number of rotatable bonds is 0. The minimum Gasteiger partial charge on any atom is -0.237 e. The molecule has 12 heavy (non-hydrogen) atoms. The molecule has 0 heterocycles. The number of halogens is 1. The van der Waals surface area contributed by atoms with Gasteiger partial charge in [0.2, 0.25) is 5.69 Å². The van der Waals surface area contributed by atoms with E-state index in [1.54, 1.807) is 12.1 Å². The normalized spacial score (nSPS) is 8.67. The summed E-state index contributed by atoms with van der Waals surface area (Å²) < 4.78 is 0.680. The molecule has 0 aliphatic heterocycles. The molecular weight excluding hydrogens is 216 g/mol. The third-order valence-electron chi connectivity index (χ3n) is 1.53. The molecule has 3 heteroatoms. The van der Waals surface area contributed by atoms with Crippen molar-refractivity contribution in [2.75, 3.05) is 0 Å². The lowest BCUT2D eigenvalue weighted by atomic mass is 10.1. The van der Waals surface area contributed by atoms with Crippen molar-refractivity contribution in [3.63, 3.8) is 0 Å². The van der Waals surface area contributed by atoms with Crippen LogP contribution in [0.25, 0.3) is 4.85 Å². The molecule has 0 aliphatic rings. The van der Waals surface area contributed by atoms with Crippen LogP contribution in [0.5, 0.6) is 0 Å². The Morgan fingerprint density at radius 2 is 2.25 bits per heavy atom. The zero-order valence-corrected chi connectivity index (χ0v) is 8.01. The zero-order chi connectivity index (χ0) is 9.14. The molecule has 0 bridgehead atoms. The number of nitrogens with zero attached hydrogens (tertiary/aromatic N) is 2. The second kappa shape index (κ2) is 3.38. The van der Waals surface area contributed by atoms with E-state index in [1.165, 1.54) is 0 Å². The molecule has 0 saturated heterocycles. The van der Waals surface area contributed by atoms with Crippen LogP contribution in [0.3, 0.4) is 0 Å². The summed E-state index contributed by atoms with van der Waals surface area (Å²) in [5.74, 6) is 0. The highest BCUT2D eigenvalue weighted by atomic mass is 79.9. The summed E-state index contributed by atoms with van der Waals surface area (Å²) in [6.07, 6.45) is 0. The number of hydrogen-bond acceptors (Lipinski definition) is 1. The first-order valence-electron chi connectivity index (χ1n) is 3.26. The van der Waals surface area contributed by atoms with E-state index in [4.69, 9.17) is 11.8 Å². The molecule has 1 aromatic rings. The summed E-state index contributed by atoms with van der Waals surface area (Å²) in [5, 5.41) is 8.66. The van der Waals surface area contributed by atoms with E-state index in [9.17, 15) is 0 Å². The number of nitriles is 1. The maximum Gasteiger partial charge on any atom is 0.201 e. The summed E-state index contributed by atoms with van der Waals surface area (Å²) in [7, 11) is 0. The number of benzene rings is 1. The average Bonchev–Trinajstić information content (AvgIpc) is 2.08. The molecule has 0 aromatic heterocycles. The van der Waals surface area contributed by atoms with Crippen LogP contribution in [0.15, 0.2) is 16.6 Å². The molecule has 0 spiro atoms. The van der Waals surface area contributed by atoms with E-state index in [0.717, 1.165) is 5.56 Å². The van der Waals surface area contributed by atoms with Gasteiger partial charge in [-0.1, -0.05) is 22.0 Å². The molecule has 2 nitrogen and oxygen atoms in total. The second-order valence-electron chi connectivity index (χ2n) is 2.34. The van der Waals surface area contributed by atoms with Crippen molar-refractivity contribution in [1.29, 1.82) is 5.26 Å². The summed E-state index contributed by atoms with van der Waals surface area (Å²) in [6.45, 7) is 8.64. The first-order valence-corrected chi connectivity index (χ1v) is 4.06. The van der Waals surface area contributed by atoms with Gasteiger partial charge in [-0.2, -0.15) is 5.26 Å².